The summed E-state index contributed by atoms with van der Waals surface area (Å²) in [6.45, 7) is -0.0778. The van der Waals surface area contributed by atoms with E-state index >= 15 is 0 Å². The number of halogens is 1. The van der Waals surface area contributed by atoms with Crippen LogP contribution in [0.2, 0.25) is 5.02 Å². The molecule has 0 unspecified atom stereocenters. The van der Waals surface area contributed by atoms with Crippen molar-refractivity contribution in [2.75, 3.05) is 6.61 Å². The third kappa shape index (κ3) is 2.94. The lowest BCUT2D eigenvalue weighted by atomic mass is 10.3. The van der Waals surface area contributed by atoms with Crippen molar-refractivity contribution in [2.45, 2.75) is 12.8 Å². The summed E-state index contributed by atoms with van der Waals surface area (Å²) in [5.74, 6) is 0.301. The molecule has 0 aliphatic heterocycles. The molecule has 1 aromatic carbocycles. The summed E-state index contributed by atoms with van der Waals surface area (Å²) in [5.41, 5.74) is -0.108. The smallest absolute Gasteiger partial charge is 0.273 e. The van der Waals surface area contributed by atoms with Crippen molar-refractivity contribution < 1.29 is 14.5 Å². The van der Waals surface area contributed by atoms with Crippen LogP contribution in [0.1, 0.15) is 12.8 Å². The summed E-state index contributed by atoms with van der Waals surface area (Å²) in [5, 5.41) is 10.8. The molecule has 90 valence electrons. The summed E-state index contributed by atoms with van der Waals surface area (Å²) in [6, 6.07) is 3.90. The number of rotatable bonds is 5. The molecule has 5 nitrogen and oxygen atoms in total. The first kappa shape index (κ1) is 11.9. The van der Waals surface area contributed by atoms with Gasteiger partial charge >= 0.3 is 0 Å². The first-order valence-corrected chi connectivity index (χ1v) is 5.55. The largest absolute Gasteiger partial charge is 0.484 e. The molecule has 1 saturated carbocycles. The van der Waals surface area contributed by atoms with Gasteiger partial charge in [-0.3, -0.25) is 14.9 Å². The number of benzene rings is 1. The highest BCUT2D eigenvalue weighted by Gasteiger charge is 2.29. The molecule has 6 heteroatoms. The maximum Gasteiger partial charge on any atom is 0.273 e. The van der Waals surface area contributed by atoms with E-state index in [0.717, 1.165) is 12.8 Å². The highest BCUT2D eigenvalue weighted by Crippen LogP contribution is 2.32. The number of ether oxygens (including phenoxy) is 1. The van der Waals surface area contributed by atoms with E-state index in [2.05, 4.69) is 0 Å². The molecule has 0 spiro atoms. The van der Waals surface area contributed by atoms with Crippen molar-refractivity contribution in [3.63, 3.8) is 0 Å². The molecule has 1 aromatic rings. The van der Waals surface area contributed by atoms with Crippen LogP contribution in [0, 0.1) is 16.0 Å². The predicted molar refractivity (Wildman–Crippen MR) is 61.3 cm³/mol. The Kier molecular flexibility index (Phi) is 3.28. The van der Waals surface area contributed by atoms with E-state index in [1.165, 1.54) is 18.2 Å². The number of nitrogens with zero attached hydrogens (tertiary/aromatic N) is 1. The molecule has 1 fully saturated rings. The van der Waals surface area contributed by atoms with Gasteiger partial charge in [0, 0.05) is 12.0 Å². The van der Waals surface area contributed by atoms with Crippen LogP contribution in [0.4, 0.5) is 5.69 Å². The maximum absolute atomic E-state index is 11.4. The summed E-state index contributed by atoms with van der Waals surface area (Å²) in [7, 11) is 0. The van der Waals surface area contributed by atoms with Crippen molar-refractivity contribution in [1.82, 2.24) is 0 Å². The summed E-state index contributed by atoms with van der Waals surface area (Å²) in [6.07, 6.45) is 1.82. The lowest BCUT2D eigenvalue weighted by Crippen LogP contribution is -2.13. The van der Waals surface area contributed by atoms with Crippen LogP contribution < -0.4 is 4.74 Å². The average Bonchev–Trinajstić information content (AvgIpc) is 3.11. The van der Waals surface area contributed by atoms with E-state index < -0.39 is 4.92 Å². The number of non-ortho nitro benzene ring substituents is 1. The van der Waals surface area contributed by atoms with Gasteiger partial charge in [0.15, 0.2) is 5.78 Å². The highest BCUT2D eigenvalue weighted by atomic mass is 35.5. The number of Topliss-reactive ketones (excluding diaryl/α,β-unsaturated/α-hetero) is 1. The van der Waals surface area contributed by atoms with Crippen molar-refractivity contribution in [3.05, 3.63) is 33.3 Å². The molecule has 0 aromatic heterocycles. The topological polar surface area (TPSA) is 69.4 Å². The fourth-order valence-electron chi connectivity index (χ4n) is 1.39. The van der Waals surface area contributed by atoms with Gasteiger partial charge in [0.25, 0.3) is 5.69 Å². The summed E-state index contributed by atoms with van der Waals surface area (Å²) in [4.78, 5) is 21.4. The van der Waals surface area contributed by atoms with Crippen LogP contribution >= 0.6 is 11.6 Å². The molecule has 1 aliphatic rings. The fourth-order valence-corrected chi connectivity index (χ4v) is 1.56. The van der Waals surface area contributed by atoms with E-state index in [1.807, 2.05) is 0 Å². The Labute approximate surface area is 102 Å². The van der Waals surface area contributed by atoms with Crippen molar-refractivity contribution >= 4 is 23.1 Å². The molecular weight excluding hydrogens is 246 g/mol. The normalized spacial score (nSPS) is 14.4. The molecule has 0 radical (unpaired) electrons. The molecule has 0 amide bonds. The van der Waals surface area contributed by atoms with Gasteiger partial charge in [-0.1, -0.05) is 11.6 Å². The van der Waals surface area contributed by atoms with Gasteiger partial charge in [-0.15, -0.1) is 0 Å². The zero-order chi connectivity index (χ0) is 12.4. The first-order chi connectivity index (χ1) is 8.08. The van der Waals surface area contributed by atoms with Crippen molar-refractivity contribution in [3.8, 4) is 5.75 Å². The van der Waals surface area contributed by atoms with Gasteiger partial charge in [0.2, 0.25) is 0 Å². The molecule has 0 N–H and O–H groups in total. The van der Waals surface area contributed by atoms with Gasteiger partial charge in [0.05, 0.1) is 16.0 Å². The monoisotopic (exact) mass is 255 g/mol. The second-order valence-corrected chi connectivity index (χ2v) is 4.31. The molecule has 2 rings (SSSR count). The molecule has 17 heavy (non-hydrogen) atoms. The number of ketones is 1. The van der Waals surface area contributed by atoms with E-state index in [4.69, 9.17) is 16.3 Å². The molecular formula is C11H10ClNO4. The minimum absolute atomic E-state index is 0.0209. The molecule has 0 saturated heterocycles. The number of carbonyl (C=O) groups is 1. The van der Waals surface area contributed by atoms with Crippen molar-refractivity contribution in [2.24, 2.45) is 5.92 Å². The summed E-state index contributed by atoms with van der Waals surface area (Å²) < 4.78 is 5.20. The zero-order valence-corrected chi connectivity index (χ0v) is 9.64. The Morgan fingerprint density at radius 3 is 2.82 bits per heavy atom. The van der Waals surface area contributed by atoms with Crippen molar-refractivity contribution in [1.29, 1.82) is 0 Å². The number of carbonyl (C=O) groups excluding carboxylic acids is 1. The second-order valence-electron chi connectivity index (χ2n) is 3.90. The van der Waals surface area contributed by atoms with Gasteiger partial charge in [-0.2, -0.15) is 0 Å². The van der Waals surface area contributed by atoms with E-state index in [9.17, 15) is 14.9 Å². The molecule has 0 atom stereocenters. The van der Waals surface area contributed by atoms with E-state index in [1.54, 1.807) is 0 Å². The van der Waals surface area contributed by atoms with Gasteiger partial charge in [0.1, 0.15) is 12.4 Å². The minimum Gasteiger partial charge on any atom is -0.484 e. The molecule has 0 heterocycles. The van der Waals surface area contributed by atoms with Gasteiger partial charge in [-0.25, -0.2) is 0 Å². The standard InChI is InChI=1S/C11H10ClNO4/c12-9-4-3-8(13(15)16)5-11(9)17-6-10(14)7-1-2-7/h3-5,7H,1-2,6H2. The van der Waals surface area contributed by atoms with Crippen LogP contribution in [0.15, 0.2) is 18.2 Å². The minimum atomic E-state index is -0.536. The maximum atomic E-state index is 11.4. The Morgan fingerprint density at radius 2 is 2.24 bits per heavy atom. The van der Waals surface area contributed by atoms with Crippen LogP contribution in [0.25, 0.3) is 0 Å². The zero-order valence-electron chi connectivity index (χ0n) is 8.89. The Bertz CT molecular complexity index is 471. The second kappa shape index (κ2) is 4.71. The number of nitro benzene ring substituents is 1. The van der Waals surface area contributed by atoms with Gasteiger partial charge in [-0.05, 0) is 18.9 Å². The Balaban J connectivity index is 2.05. The van der Waals surface area contributed by atoms with Crippen LogP contribution in [0.3, 0.4) is 0 Å². The Morgan fingerprint density at radius 1 is 1.53 bits per heavy atom. The average molecular weight is 256 g/mol. The lowest BCUT2D eigenvalue weighted by molar-refractivity contribution is -0.384. The first-order valence-electron chi connectivity index (χ1n) is 5.17. The van der Waals surface area contributed by atoms with Gasteiger partial charge < -0.3 is 4.74 Å². The predicted octanol–water partition coefficient (Wildman–Crippen LogP) is 2.61. The SMILES string of the molecule is O=C(COc1cc([N+](=O)[O-])ccc1Cl)C1CC1. The molecule has 0 bridgehead atoms. The quantitative estimate of drug-likeness (QED) is 0.599. The third-order valence-electron chi connectivity index (χ3n) is 2.53. The third-order valence-corrected chi connectivity index (χ3v) is 2.84. The molecule has 1 aliphatic carbocycles. The number of hydrogen-bond acceptors (Lipinski definition) is 4. The summed E-state index contributed by atoms with van der Waals surface area (Å²) >= 11 is 5.82. The van der Waals surface area contributed by atoms with E-state index in [-0.39, 0.29) is 34.8 Å². The Hall–Kier alpha value is -1.62. The van der Waals surface area contributed by atoms with Crippen LogP contribution in [0.5, 0.6) is 5.75 Å². The van der Waals surface area contributed by atoms with E-state index in [0.29, 0.717) is 0 Å². The highest BCUT2D eigenvalue weighted by molar-refractivity contribution is 6.32. The number of nitro groups is 1. The number of hydrogen-bond donors (Lipinski definition) is 0. The van der Waals surface area contributed by atoms with Crippen LogP contribution in [-0.4, -0.2) is 17.3 Å². The fraction of sp³-hybridized carbons (Fsp3) is 0.364. The lowest BCUT2D eigenvalue weighted by Gasteiger charge is -2.06. The van der Waals surface area contributed by atoms with Crippen LogP contribution in [-0.2, 0) is 4.79 Å².